The Bertz CT molecular complexity index is 614. The smallest absolute Gasteiger partial charge is 0.328 e. The van der Waals surface area contributed by atoms with E-state index in [-0.39, 0.29) is 24.0 Å². The molecule has 0 unspecified atom stereocenters. The van der Waals surface area contributed by atoms with Gasteiger partial charge in [-0.25, -0.2) is 4.68 Å². The van der Waals surface area contributed by atoms with Crippen LogP contribution in [0.2, 0.25) is 0 Å². The van der Waals surface area contributed by atoms with E-state index in [1.807, 2.05) is 0 Å². The molecule has 0 aromatic carbocycles. The summed E-state index contributed by atoms with van der Waals surface area (Å²) in [6, 6.07) is 3.33. The molecule has 0 bridgehead atoms. The van der Waals surface area contributed by atoms with Crippen molar-refractivity contribution >= 4 is 18.1 Å². The van der Waals surface area contributed by atoms with Crippen molar-refractivity contribution in [3.05, 3.63) is 24.0 Å². The number of carbonyl (C=O) groups is 2. The van der Waals surface area contributed by atoms with E-state index in [9.17, 15) is 9.59 Å². The zero-order chi connectivity index (χ0) is 14.7. The summed E-state index contributed by atoms with van der Waals surface area (Å²) in [4.78, 5) is 22.7. The number of hydrogen-bond acceptors (Lipinski definition) is 6. The minimum Gasteiger partial charge on any atom is -0.463 e. The van der Waals surface area contributed by atoms with Gasteiger partial charge in [-0.1, -0.05) is 0 Å². The van der Waals surface area contributed by atoms with Gasteiger partial charge >= 0.3 is 5.97 Å². The molecule has 0 radical (unpaired) electrons. The molecule has 0 aliphatic heterocycles. The SMILES string of the molecule is CC(C)OC(=O)Cn1nc(-c2ccco2)c(C=O)c1N. The Kier molecular flexibility index (Phi) is 3.88. The number of anilines is 1. The van der Waals surface area contributed by atoms with Crippen LogP contribution in [0.4, 0.5) is 5.82 Å². The van der Waals surface area contributed by atoms with Crippen LogP contribution in [0.3, 0.4) is 0 Å². The number of nitrogen functional groups attached to an aromatic ring is 1. The molecule has 0 amide bonds. The number of carbonyl (C=O) groups excluding carboxylic acids is 2. The minimum atomic E-state index is -0.474. The molecule has 2 aromatic heterocycles. The van der Waals surface area contributed by atoms with Gasteiger partial charge in [0.15, 0.2) is 12.0 Å². The molecule has 0 saturated carbocycles. The molecule has 7 nitrogen and oxygen atoms in total. The second-order valence-electron chi connectivity index (χ2n) is 4.44. The summed E-state index contributed by atoms with van der Waals surface area (Å²) in [5, 5.41) is 4.14. The first-order valence-corrected chi connectivity index (χ1v) is 6.07. The molecular formula is C13H15N3O4. The Morgan fingerprint density at radius 3 is 2.90 bits per heavy atom. The molecule has 2 aromatic rings. The monoisotopic (exact) mass is 277 g/mol. The van der Waals surface area contributed by atoms with Gasteiger partial charge in [0.2, 0.25) is 0 Å². The maximum absolute atomic E-state index is 11.6. The Morgan fingerprint density at radius 2 is 2.35 bits per heavy atom. The number of furan rings is 1. The summed E-state index contributed by atoms with van der Waals surface area (Å²) in [7, 11) is 0. The van der Waals surface area contributed by atoms with Gasteiger partial charge in [-0.2, -0.15) is 5.10 Å². The van der Waals surface area contributed by atoms with Crippen LogP contribution in [0.1, 0.15) is 24.2 Å². The van der Waals surface area contributed by atoms with Crippen molar-refractivity contribution in [2.75, 3.05) is 5.73 Å². The van der Waals surface area contributed by atoms with E-state index in [2.05, 4.69) is 5.10 Å². The van der Waals surface area contributed by atoms with Crippen molar-refractivity contribution in [2.45, 2.75) is 26.5 Å². The van der Waals surface area contributed by atoms with Gasteiger partial charge < -0.3 is 14.9 Å². The zero-order valence-corrected chi connectivity index (χ0v) is 11.2. The van der Waals surface area contributed by atoms with Crippen LogP contribution in [0.25, 0.3) is 11.5 Å². The highest BCUT2D eigenvalue weighted by atomic mass is 16.5. The van der Waals surface area contributed by atoms with Gasteiger partial charge in [-0.3, -0.25) is 9.59 Å². The van der Waals surface area contributed by atoms with Gasteiger partial charge in [0, 0.05) is 0 Å². The number of nitrogens with zero attached hydrogens (tertiary/aromatic N) is 2. The maximum Gasteiger partial charge on any atom is 0.328 e. The number of nitrogens with two attached hydrogens (primary N) is 1. The highest BCUT2D eigenvalue weighted by molar-refractivity contribution is 5.90. The molecule has 2 rings (SSSR count). The molecule has 0 saturated heterocycles. The van der Waals surface area contributed by atoms with E-state index < -0.39 is 5.97 Å². The Labute approximate surface area is 115 Å². The first kappa shape index (κ1) is 13.9. The molecule has 106 valence electrons. The van der Waals surface area contributed by atoms with E-state index in [0.29, 0.717) is 17.7 Å². The summed E-state index contributed by atoms with van der Waals surface area (Å²) in [6.45, 7) is 3.33. The van der Waals surface area contributed by atoms with Crippen LogP contribution in [0.15, 0.2) is 22.8 Å². The van der Waals surface area contributed by atoms with E-state index in [1.54, 1.807) is 26.0 Å². The Hall–Kier alpha value is -2.57. The summed E-state index contributed by atoms with van der Waals surface area (Å²) in [6.07, 6.45) is 1.82. The summed E-state index contributed by atoms with van der Waals surface area (Å²) in [5.74, 6) is 0.0412. The predicted molar refractivity (Wildman–Crippen MR) is 71.0 cm³/mol. The lowest BCUT2D eigenvalue weighted by Crippen LogP contribution is -2.19. The molecule has 2 heterocycles. The summed E-state index contributed by atoms with van der Waals surface area (Å²) in [5.41, 5.74) is 6.32. The van der Waals surface area contributed by atoms with Crippen LogP contribution in [0.5, 0.6) is 0 Å². The molecule has 0 spiro atoms. The standard InChI is InChI=1S/C13H15N3O4/c1-8(2)20-11(18)6-16-13(14)9(7-17)12(15-16)10-4-3-5-19-10/h3-5,7-8H,6,14H2,1-2H3. The van der Waals surface area contributed by atoms with Crippen LogP contribution in [-0.4, -0.2) is 28.1 Å². The quantitative estimate of drug-likeness (QED) is 0.656. The molecule has 2 N–H and O–H groups in total. The first-order valence-electron chi connectivity index (χ1n) is 6.07. The van der Waals surface area contributed by atoms with Gasteiger partial charge in [0.25, 0.3) is 0 Å². The topological polar surface area (TPSA) is 100 Å². The average Bonchev–Trinajstić information content (AvgIpc) is 2.97. The number of hydrogen-bond donors (Lipinski definition) is 1. The van der Waals surface area contributed by atoms with Gasteiger partial charge in [-0.15, -0.1) is 0 Å². The van der Waals surface area contributed by atoms with Crippen molar-refractivity contribution in [1.29, 1.82) is 0 Å². The fraction of sp³-hybridized carbons (Fsp3) is 0.308. The number of aromatic nitrogens is 2. The van der Waals surface area contributed by atoms with Crippen LogP contribution < -0.4 is 5.73 Å². The number of aldehydes is 1. The van der Waals surface area contributed by atoms with Crippen molar-refractivity contribution in [3.8, 4) is 11.5 Å². The first-order chi connectivity index (χ1) is 9.52. The summed E-state index contributed by atoms with van der Waals surface area (Å²) >= 11 is 0. The molecule has 0 atom stereocenters. The minimum absolute atomic E-state index is 0.104. The lowest BCUT2D eigenvalue weighted by atomic mass is 10.2. The van der Waals surface area contributed by atoms with Crippen molar-refractivity contribution in [1.82, 2.24) is 9.78 Å². The lowest BCUT2D eigenvalue weighted by Gasteiger charge is -2.08. The Morgan fingerprint density at radius 1 is 1.60 bits per heavy atom. The van der Waals surface area contributed by atoms with Crippen LogP contribution in [0, 0.1) is 0 Å². The number of esters is 1. The number of rotatable bonds is 5. The fourth-order valence-corrected chi connectivity index (χ4v) is 1.74. The molecule has 7 heteroatoms. The van der Waals surface area contributed by atoms with E-state index in [0.717, 1.165) is 0 Å². The third-order valence-corrected chi connectivity index (χ3v) is 2.55. The highest BCUT2D eigenvalue weighted by Crippen LogP contribution is 2.26. The second-order valence-corrected chi connectivity index (χ2v) is 4.44. The van der Waals surface area contributed by atoms with Crippen molar-refractivity contribution in [2.24, 2.45) is 0 Å². The largest absolute Gasteiger partial charge is 0.463 e. The zero-order valence-electron chi connectivity index (χ0n) is 11.2. The Balaban J connectivity index is 2.31. The van der Waals surface area contributed by atoms with Crippen molar-refractivity contribution in [3.63, 3.8) is 0 Å². The number of ether oxygens (including phenoxy) is 1. The predicted octanol–water partition coefficient (Wildman–Crippen LogP) is 1.49. The molecule has 0 fully saturated rings. The van der Waals surface area contributed by atoms with Crippen LogP contribution >= 0.6 is 0 Å². The van der Waals surface area contributed by atoms with Gasteiger partial charge in [0.1, 0.15) is 18.1 Å². The third kappa shape index (κ3) is 2.71. The second kappa shape index (κ2) is 5.60. The fourth-order valence-electron chi connectivity index (χ4n) is 1.74. The average molecular weight is 277 g/mol. The van der Waals surface area contributed by atoms with Crippen molar-refractivity contribution < 1.29 is 18.7 Å². The van der Waals surface area contributed by atoms with Crippen LogP contribution in [-0.2, 0) is 16.1 Å². The normalized spacial score (nSPS) is 10.8. The molecular weight excluding hydrogens is 262 g/mol. The lowest BCUT2D eigenvalue weighted by molar-refractivity contribution is -0.148. The van der Waals surface area contributed by atoms with E-state index in [4.69, 9.17) is 14.9 Å². The molecule has 0 aliphatic carbocycles. The van der Waals surface area contributed by atoms with Gasteiger partial charge in [0.05, 0.1) is 17.9 Å². The maximum atomic E-state index is 11.6. The van der Waals surface area contributed by atoms with E-state index in [1.165, 1.54) is 10.9 Å². The molecule has 0 aliphatic rings. The molecule has 20 heavy (non-hydrogen) atoms. The summed E-state index contributed by atoms with van der Waals surface area (Å²) < 4.78 is 11.4. The van der Waals surface area contributed by atoms with Gasteiger partial charge in [-0.05, 0) is 26.0 Å². The van der Waals surface area contributed by atoms with E-state index >= 15 is 0 Å². The highest BCUT2D eigenvalue weighted by Gasteiger charge is 2.20. The third-order valence-electron chi connectivity index (χ3n) is 2.55.